The number of aromatic carboxylic acids is 2. The number of hydrogen-bond donors (Lipinski definition) is 2. The van der Waals surface area contributed by atoms with Crippen LogP contribution in [-0.4, -0.2) is 35.4 Å². The number of rotatable bonds is 8. The molecule has 0 fully saturated rings. The molecule has 0 bridgehead atoms. The van der Waals surface area contributed by atoms with E-state index in [1.807, 2.05) is 36.4 Å². The summed E-state index contributed by atoms with van der Waals surface area (Å²) in [6, 6.07) is 21.1. The van der Waals surface area contributed by atoms with Crippen molar-refractivity contribution in [3.63, 3.8) is 0 Å². The summed E-state index contributed by atoms with van der Waals surface area (Å²) in [5.41, 5.74) is 0.517. The Morgan fingerprint density at radius 1 is 0.581 bits per heavy atom. The van der Waals surface area contributed by atoms with Gasteiger partial charge in [-0.25, -0.2) is 9.59 Å². The Balaban J connectivity index is 1.29. The first-order valence-electron chi connectivity index (χ1n) is 9.79. The standard InChI is InChI=1S/C25H20O6/c26-24(27)20-4-2-18-14-22(8-6-16(18)12-20)30-10-1-11-31-23-9-7-17-13-21(25(28)29)5-3-19(17)15-23/h2-9,12-15H,1,10-11H2,(H,26,27)(H,28,29). The van der Waals surface area contributed by atoms with E-state index in [1.165, 1.54) is 0 Å². The molecule has 156 valence electrons. The molecule has 4 rings (SSSR count). The van der Waals surface area contributed by atoms with Gasteiger partial charge < -0.3 is 19.7 Å². The molecule has 6 nitrogen and oxygen atoms in total. The van der Waals surface area contributed by atoms with Crippen LogP contribution in [0.2, 0.25) is 0 Å². The van der Waals surface area contributed by atoms with Crippen molar-refractivity contribution in [3.05, 3.63) is 83.9 Å². The van der Waals surface area contributed by atoms with Gasteiger partial charge in [-0.15, -0.1) is 0 Å². The zero-order valence-corrected chi connectivity index (χ0v) is 16.6. The van der Waals surface area contributed by atoms with E-state index >= 15 is 0 Å². The topological polar surface area (TPSA) is 93.1 Å². The van der Waals surface area contributed by atoms with Crippen molar-refractivity contribution >= 4 is 33.5 Å². The molecule has 4 aromatic rings. The van der Waals surface area contributed by atoms with E-state index in [4.69, 9.17) is 19.7 Å². The van der Waals surface area contributed by atoms with E-state index in [-0.39, 0.29) is 11.1 Å². The Morgan fingerprint density at radius 2 is 0.968 bits per heavy atom. The van der Waals surface area contributed by atoms with Gasteiger partial charge in [0.1, 0.15) is 11.5 Å². The van der Waals surface area contributed by atoms with Gasteiger partial charge in [-0.3, -0.25) is 0 Å². The van der Waals surface area contributed by atoms with Gasteiger partial charge in [0.2, 0.25) is 0 Å². The van der Waals surface area contributed by atoms with Gasteiger partial charge in [-0.1, -0.05) is 24.3 Å². The number of hydrogen-bond acceptors (Lipinski definition) is 4. The molecule has 0 unspecified atom stereocenters. The van der Waals surface area contributed by atoms with Gasteiger partial charge in [0.15, 0.2) is 0 Å². The van der Waals surface area contributed by atoms with Crippen molar-refractivity contribution in [2.24, 2.45) is 0 Å². The summed E-state index contributed by atoms with van der Waals surface area (Å²) >= 11 is 0. The van der Waals surface area contributed by atoms with Crippen molar-refractivity contribution in [2.75, 3.05) is 13.2 Å². The molecular weight excluding hydrogens is 396 g/mol. The third-order valence-corrected chi connectivity index (χ3v) is 4.94. The van der Waals surface area contributed by atoms with E-state index in [0.717, 1.165) is 33.0 Å². The lowest BCUT2D eigenvalue weighted by atomic mass is 10.1. The number of carboxylic acid groups (broad SMARTS) is 2. The summed E-state index contributed by atoms with van der Waals surface area (Å²) in [5, 5.41) is 21.7. The summed E-state index contributed by atoms with van der Waals surface area (Å²) < 4.78 is 11.6. The zero-order chi connectivity index (χ0) is 21.8. The molecule has 0 spiro atoms. The van der Waals surface area contributed by atoms with Gasteiger partial charge in [0, 0.05) is 6.42 Å². The van der Waals surface area contributed by atoms with Crippen molar-refractivity contribution in [2.45, 2.75) is 6.42 Å². The smallest absolute Gasteiger partial charge is 0.335 e. The quantitative estimate of drug-likeness (QED) is 0.382. The Hall–Kier alpha value is -4.06. The van der Waals surface area contributed by atoms with Gasteiger partial charge >= 0.3 is 11.9 Å². The molecule has 31 heavy (non-hydrogen) atoms. The minimum atomic E-state index is -0.946. The lowest BCUT2D eigenvalue weighted by Gasteiger charge is -2.10. The largest absolute Gasteiger partial charge is 0.493 e. The highest BCUT2D eigenvalue weighted by Crippen LogP contribution is 2.24. The molecule has 0 radical (unpaired) electrons. The minimum absolute atomic E-state index is 0.259. The van der Waals surface area contributed by atoms with Gasteiger partial charge in [-0.2, -0.15) is 0 Å². The highest BCUT2D eigenvalue weighted by molar-refractivity contribution is 5.95. The number of benzene rings is 4. The molecule has 0 saturated carbocycles. The van der Waals surface area contributed by atoms with Crippen LogP contribution in [0.5, 0.6) is 11.5 Å². The molecule has 0 aliphatic carbocycles. The average molecular weight is 416 g/mol. The fourth-order valence-corrected chi connectivity index (χ4v) is 3.33. The van der Waals surface area contributed by atoms with Crippen LogP contribution in [0.4, 0.5) is 0 Å². The fraction of sp³-hybridized carbons (Fsp3) is 0.120. The third kappa shape index (κ3) is 4.75. The SMILES string of the molecule is O=C(O)c1ccc2cc(OCCCOc3ccc4cc(C(=O)O)ccc4c3)ccc2c1. The molecule has 0 atom stereocenters. The molecule has 6 heteroatoms. The maximum absolute atomic E-state index is 11.1. The second kappa shape index (κ2) is 8.75. The number of carbonyl (C=O) groups is 2. The van der Waals surface area contributed by atoms with Crippen LogP contribution in [0.1, 0.15) is 27.1 Å². The maximum atomic E-state index is 11.1. The monoisotopic (exact) mass is 416 g/mol. The van der Waals surface area contributed by atoms with Crippen LogP contribution >= 0.6 is 0 Å². The van der Waals surface area contributed by atoms with Crippen LogP contribution < -0.4 is 9.47 Å². The second-order valence-electron chi connectivity index (χ2n) is 7.11. The lowest BCUT2D eigenvalue weighted by Crippen LogP contribution is -2.05. The number of carboxylic acids is 2. The molecule has 4 aromatic carbocycles. The van der Waals surface area contributed by atoms with Crippen LogP contribution in [0.15, 0.2) is 72.8 Å². The fourth-order valence-electron chi connectivity index (χ4n) is 3.33. The van der Waals surface area contributed by atoms with Crippen molar-refractivity contribution in [3.8, 4) is 11.5 Å². The number of ether oxygens (including phenoxy) is 2. The molecular formula is C25H20O6. The molecule has 0 aliphatic rings. The van der Waals surface area contributed by atoms with E-state index in [2.05, 4.69) is 0 Å². The van der Waals surface area contributed by atoms with Crippen molar-refractivity contribution in [1.82, 2.24) is 0 Å². The predicted molar refractivity (Wildman–Crippen MR) is 117 cm³/mol. The third-order valence-electron chi connectivity index (χ3n) is 4.94. The van der Waals surface area contributed by atoms with Crippen LogP contribution in [0, 0.1) is 0 Å². The first kappa shape index (κ1) is 20.2. The predicted octanol–water partition coefficient (Wildman–Crippen LogP) is 5.24. The van der Waals surface area contributed by atoms with E-state index in [9.17, 15) is 9.59 Å². The van der Waals surface area contributed by atoms with Gasteiger partial charge in [-0.05, 0) is 70.1 Å². The molecule has 0 amide bonds. The van der Waals surface area contributed by atoms with Gasteiger partial charge in [0.25, 0.3) is 0 Å². The summed E-state index contributed by atoms with van der Waals surface area (Å²) in [6.07, 6.45) is 0.686. The summed E-state index contributed by atoms with van der Waals surface area (Å²) in [4.78, 5) is 22.1. The van der Waals surface area contributed by atoms with Crippen LogP contribution in [-0.2, 0) is 0 Å². The molecule has 0 aromatic heterocycles. The van der Waals surface area contributed by atoms with E-state index in [0.29, 0.717) is 19.6 Å². The summed E-state index contributed by atoms with van der Waals surface area (Å²) in [7, 11) is 0. The first-order chi connectivity index (χ1) is 15.0. The number of fused-ring (bicyclic) bond motifs is 2. The van der Waals surface area contributed by atoms with E-state index in [1.54, 1.807) is 36.4 Å². The van der Waals surface area contributed by atoms with Crippen LogP contribution in [0.3, 0.4) is 0 Å². The molecule has 2 N–H and O–H groups in total. The van der Waals surface area contributed by atoms with Crippen molar-refractivity contribution in [1.29, 1.82) is 0 Å². The Morgan fingerprint density at radius 3 is 1.39 bits per heavy atom. The van der Waals surface area contributed by atoms with Gasteiger partial charge in [0.05, 0.1) is 24.3 Å². The highest BCUT2D eigenvalue weighted by atomic mass is 16.5. The Bertz CT molecular complexity index is 1180. The molecule has 0 heterocycles. The molecule has 0 saturated heterocycles. The summed E-state index contributed by atoms with van der Waals surface area (Å²) in [5.74, 6) is -0.455. The molecule has 0 aliphatic heterocycles. The minimum Gasteiger partial charge on any atom is -0.493 e. The van der Waals surface area contributed by atoms with Crippen LogP contribution in [0.25, 0.3) is 21.5 Å². The Kier molecular flexibility index (Phi) is 5.71. The maximum Gasteiger partial charge on any atom is 0.335 e. The first-order valence-corrected chi connectivity index (χ1v) is 9.79. The highest BCUT2D eigenvalue weighted by Gasteiger charge is 2.06. The van der Waals surface area contributed by atoms with Crippen molar-refractivity contribution < 1.29 is 29.3 Å². The zero-order valence-electron chi connectivity index (χ0n) is 16.6. The van der Waals surface area contributed by atoms with E-state index < -0.39 is 11.9 Å². The lowest BCUT2D eigenvalue weighted by molar-refractivity contribution is 0.0686. The summed E-state index contributed by atoms with van der Waals surface area (Å²) in [6.45, 7) is 0.961. The normalized spacial score (nSPS) is 10.8. The Labute approximate surface area is 178 Å². The second-order valence-corrected chi connectivity index (χ2v) is 7.11. The average Bonchev–Trinajstić information content (AvgIpc) is 2.77.